The minimum absolute atomic E-state index is 0.414. The van der Waals surface area contributed by atoms with Gasteiger partial charge in [-0.25, -0.2) is 0 Å². The van der Waals surface area contributed by atoms with Gasteiger partial charge in [-0.15, -0.1) is 0 Å². The Labute approximate surface area is 205 Å². The molecule has 2 nitrogen and oxygen atoms in total. The van der Waals surface area contributed by atoms with Crippen LogP contribution in [0.5, 0.6) is 0 Å². The minimum Gasteiger partial charge on any atom is -0.364 e. The first-order valence-electron chi connectivity index (χ1n) is 13.7. The van der Waals surface area contributed by atoms with Gasteiger partial charge < -0.3 is 9.80 Å². The molecular weight excluding hydrogens is 412 g/mol. The van der Waals surface area contributed by atoms with Gasteiger partial charge in [-0.2, -0.15) is 0 Å². The summed E-state index contributed by atoms with van der Waals surface area (Å²) in [6, 6.07) is 19.2. The van der Waals surface area contributed by atoms with E-state index >= 15 is 0 Å². The van der Waals surface area contributed by atoms with Crippen molar-refractivity contribution in [1.29, 1.82) is 0 Å². The largest absolute Gasteiger partial charge is 0.364 e. The third-order valence-electron chi connectivity index (χ3n) is 8.33. The van der Waals surface area contributed by atoms with Crippen molar-refractivity contribution in [3.8, 4) is 0 Å². The lowest BCUT2D eigenvalue weighted by molar-refractivity contribution is 0.565. The van der Waals surface area contributed by atoms with Gasteiger partial charge in [0.2, 0.25) is 0 Å². The van der Waals surface area contributed by atoms with Crippen molar-refractivity contribution in [3.05, 3.63) is 71.3 Å². The summed E-state index contributed by atoms with van der Waals surface area (Å²) >= 11 is 0. The minimum atomic E-state index is 0.414. The molecular formula is C32H38N2. The predicted octanol–water partition coefficient (Wildman–Crippen LogP) is 8.80. The first kappa shape index (κ1) is 21.8. The van der Waals surface area contributed by atoms with Gasteiger partial charge in [-0.1, -0.05) is 94.9 Å². The van der Waals surface area contributed by atoms with Gasteiger partial charge in [-0.3, -0.25) is 0 Å². The Kier molecular flexibility index (Phi) is 5.85. The van der Waals surface area contributed by atoms with Crippen molar-refractivity contribution in [2.45, 2.75) is 77.2 Å². The molecule has 0 aromatic heterocycles. The molecule has 34 heavy (non-hydrogen) atoms. The average molecular weight is 451 g/mol. The third-order valence-corrected chi connectivity index (χ3v) is 8.33. The van der Waals surface area contributed by atoms with E-state index in [9.17, 15) is 0 Å². The van der Waals surface area contributed by atoms with Gasteiger partial charge in [0.15, 0.2) is 0 Å². The standard InChI is InChI=1S/C32H38N2/c1-3-5-7-9-21-33-25-15-11-13-23-18-20-28-32(29(23)25)31-27(33)19-17-24-14-12-16-26(30(24)31)34(28)22-10-8-6-4-2/h11-20,27,31H,3-10,21-22H2,1-2H3. The fraction of sp³-hybridized carbons (Fsp3) is 0.438. The topological polar surface area (TPSA) is 6.48 Å². The zero-order chi connectivity index (χ0) is 23.1. The van der Waals surface area contributed by atoms with E-state index in [1.807, 2.05) is 0 Å². The van der Waals surface area contributed by atoms with Crippen LogP contribution in [0.4, 0.5) is 17.1 Å². The van der Waals surface area contributed by atoms with E-state index in [-0.39, 0.29) is 0 Å². The summed E-state index contributed by atoms with van der Waals surface area (Å²) in [6.07, 6.45) is 15.3. The molecule has 0 bridgehead atoms. The van der Waals surface area contributed by atoms with Gasteiger partial charge in [0.25, 0.3) is 0 Å². The fourth-order valence-corrected chi connectivity index (χ4v) is 6.75. The smallest absolute Gasteiger partial charge is 0.0587 e. The van der Waals surface area contributed by atoms with E-state index in [0.717, 1.165) is 13.1 Å². The predicted molar refractivity (Wildman–Crippen MR) is 148 cm³/mol. The summed E-state index contributed by atoms with van der Waals surface area (Å²) < 4.78 is 0. The summed E-state index contributed by atoms with van der Waals surface area (Å²) in [5.41, 5.74) is 8.93. The molecule has 0 radical (unpaired) electrons. The van der Waals surface area contributed by atoms with Gasteiger partial charge in [0.1, 0.15) is 0 Å². The van der Waals surface area contributed by atoms with Crippen LogP contribution >= 0.6 is 0 Å². The van der Waals surface area contributed by atoms with Crippen LogP contribution in [0.3, 0.4) is 0 Å². The highest BCUT2D eigenvalue weighted by molar-refractivity contribution is 6.05. The summed E-state index contributed by atoms with van der Waals surface area (Å²) in [4.78, 5) is 5.40. The van der Waals surface area contributed by atoms with E-state index in [1.165, 1.54) is 84.8 Å². The lowest BCUT2D eigenvalue weighted by atomic mass is 9.70. The van der Waals surface area contributed by atoms with Gasteiger partial charge >= 0.3 is 0 Å². The van der Waals surface area contributed by atoms with Crippen LogP contribution in [0, 0.1) is 0 Å². The zero-order valence-electron chi connectivity index (χ0n) is 20.9. The molecule has 0 amide bonds. The number of benzene rings is 3. The monoisotopic (exact) mass is 450 g/mol. The van der Waals surface area contributed by atoms with Crippen LogP contribution in [0.2, 0.25) is 0 Å². The Balaban J connectivity index is 1.51. The van der Waals surface area contributed by atoms with E-state index in [2.05, 4.69) is 84.3 Å². The Hall–Kier alpha value is -2.74. The molecule has 3 aromatic carbocycles. The maximum absolute atomic E-state index is 2.74. The molecule has 0 spiro atoms. The van der Waals surface area contributed by atoms with Crippen molar-refractivity contribution in [2.24, 2.45) is 0 Å². The second-order valence-corrected chi connectivity index (χ2v) is 10.4. The number of rotatable bonds is 10. The van der Waals surface area contributed by atoms with Crippen LogP contribution in [-0.2, 0) is 0 Å². The molecule has 3 aromatic rings. The highest BCUT2D eigenvalue weighted by Gasteiger charge is 2.44. The second kappa shape index (κ2) is 9.13. The maximum atomic E-state index is 2.74. The molecule has 1 aliphatic carbocycles. The molecule has 2 heterocycles. The van der Waals surface area contributed by atoms with Crippen molar-refractivity contribution in [3.63, 3.8) is 0 Å². The Bertz CT molecular complexity index is 1220. The highest BCUT2D eigenvalue weighted by atomic mass is 15.2. The third kappa shape index (κ3) is 3.37. The molecule has 0 saturated carbocycles. The van der Waals surface area contributed by atoms with Crippen LogP contribution in [0.1, 0.15) is 87.8 Å². The molecule has 2 aliphatic heterocycles. The van der Waals surface area contributed by atoms with Crippen molar-refractivity contribution < 1.29 is 0 Å². The molecule has 2 atom stereocenters. The van der Waals surface area contributed by atoms with E-state index in [0.29, 0.717) is 12.0 Å². The van der Waals surface area contributed by atoms with E-state index in [1.54, 1.807) is 11.1 Å². The van der Waals surface area contributed by atoms with Gasteiger partial charge in [-0.05, 0) is 53.1 Å². The normalized spacial score (nSPS) is 19.2. The number of hydrogen-bond donors (Lipinski definition) is 0. The molecule has 3 aliphatic rings. The van der Waals surface area contributed by atoms with Crippen LogP contribution in [-0.4, -0.2) is 19.1 Å². The molecule has 0 saturated heterocycles. The molecule has 0 N–H and O–H groups in total. The van der Waals surface area contributed by atoms with Crippen LogP contribution < -0.4 is 9.80 Å². The highest BCUT2D eigenvalue weighted by Crippen LogP contribution is 2.57. The number of hydrogen-bond acceptors (Lipinski definition) is 2. The lowest BCUT2D eigenvalue weighted by Gasteiger charge is -2.50. The Morgan fingerprint density at radius 3 is 2.24 bits per heavy atom. The summed E-state index contributed by atoms with van der Waals surface area (Å²) in [5, 5.41) is 2.90. The zero-order valence-corrected chi connectivity index (χ0v) is 20.9. The van der Waals surface area contributed by atoms with Crippen LogP contribution in [0.15, 0.2) is 54.6 Å². The number of unbranched alkanes of at least 4 members (excludes halogenated alkanes) is 6. The van der Waals surface area contributed by atoms with Crippen molar-refractivity contribution >= 4 is 33.9 Å². The summed E-state index contributed by atoms with van der Waals surface area (Å²) in [6.45, 7) is 6.86. The number of nitrogens with zero attached hydrogens (tertiary/aromatic N) is 2. The number of anilines is 3. The summed E-state index contributed by atoms with van der Waals surface area (Å²) in [7, 11) is 0. The Morgan fingerprint density at radius 1 is 0.676 bits per heavy atom. The van der Waals surface area contributed by atoms with Gasteiger partial charge in [0, 0.05) is 41.5 Å². The average Bonchev–Trinajstić information content (AvgIpc) is 2.88. The van der Waals surface area contributed by atoms with Crippen molar-refractivity contribution in [1.82, 2.24) is 0 Å². The molecule has 2 unspecified atom stereocenters. The lowest BCUT2D eigenvalue weighted by Crippen LogP contribution is -2.46. The van der Waals surface area contributed by atoms with E-state index in [4.69, 9.17) is 0 Å². The Morgan fingerprint density at radius 2 is 1.41 bits per heavy atom. The molecule has 6 rings (SSSR count). The molecule has 2 heteroatoms. The first-order chi connectivity index (χ1) is 16.8. The fourth-order valence-electron chi connectivity index (χ4n) is 6.75. The maximum Gasteiger partial charge on any atom is 0.0587 e. The van der Waals surface area contributed by atoms with Crippen LogP contribution in [0.25, 0.3) is 16.8 Å². The van der Waals surface area contributed by atoms with Gasteiger partial charge in [0.05, 0.1) is 6.04 Å². The molecule has 176 valence electrons. The quantitative estimate of drug-likeness (QED) is 0.285. The van der Waals surface area contributed by atoms with Crippen molar-refractivity contribution in [2.75, 3.05) is 22.9 Å². The SMILES string of the molecule is CCCCCCN1c2cccc3c2C2c4c1ccc1cccc(c41)N(CCCCCC)C2C=C3. The second-order valence-electron chi connectivity index (χ2n) is 10.4. The molecule has 0 fully saturated rings. The van der Waals surface area contributed by atoms with E-state index < -0.39 is 0 Å². The summed E-state index contributed by atoms with van der Waals surface area (Å²) in [5.74, 6) is 0.433. The first-order valence-corrected chi connectivity index (χ1v) is 13.7.